The molecule has 1 aromatic carbocycles. The molecule has 0 aromatic heterocycles. The number of likely N-dealkylation sites (tertiary alicyclic amines) is 1. The molecule has 1 amide bonds. The number of carbonyl (C=O) groups excluding carboxylic acids is 1. The lowest BCUT2D eigenvalue weighted by atomic mass is 9.98. The number of nitrogens with zero attached hydrogens (tertiary/aromatic N) is 2. The normalized spacial score (nSPS) is 22.0. The molecule has 1 atom stereocenters. The number of sulfonamides is 1. The summed E-state index contributed by atoms with van der Waals surface area (Å²) in [7, 11) is -3.22. The third-order valence-corrected chi connectivity index (χ3v) is 7.42. The van der Waals surface area contributed by atoms with Crippen LogP contribution in [0.4, 0.5) is 0 Å². The van der Waals surface area contributed by atoms with Crippen LogP contribution in [0.3, 0.4) is 0 Å². The summed E-state index contributed by atoms with van der Waals surface area (Å²) in [5, 5.41) is 3.01. The van der Waals surface area contributed by atoms with Crippen molar-refractivity contribution in [2.24, 2.45) is 5.92 Å². The number of nitrogens with one attached hydrogen (secondary N) is 1. The van der Waals surface area contributed by atoms with Gasteiger partial charge in [0.15, 0.2) is 0 Å². The van der Waals surface area contributed by atoms with E-state index in [4.69, 9.17) is 0 Å². The second-order valence-electron chi connectivity index (χ2n) is 7.62. The van der Waals surface area contributed by atoms with E-state index >= 15 is 0 Å². The molecule has 2 saturated heterocycles. The number of hydrogen-bond acceptors (Lipinski definition) is 4. The number of hydrogen-bond donors (Lipinski definition) is 1. The van der Waals surface area contributed by atoms with Gasteiger partial charge in [0.1, 0.15) is 0 Å². The van der Waals surface area contributed by atoms with Crippen molar-refractivity contribution in [3.63, 3.8) is 0 Å². The van der Waals surface area contributed by atoms with Gasteiger partial charge < -0.3 is 5.32 Å². The lowest BCUT2D eigenvalue weighted by Gasteiger charge is -2.30. The topological polar surface area (TPSA) is 69.7 Å². The third kappa shape index (κ3) is 5.53. The summed E-state index contributed by atoms with van der Waals surface area (Å²) in [6.45, 7) is 6.27. The first-order valence-corrected chi connectivity index (χ1v) is 11.6. The van der Waals surface area contributed by atoms with Gasteiger partial charge in [-0.25, -0.2) is 12.7 Å². The molecule has 1 N–H and O–H groups in total. The van der Waals surface area contributed by atoms with Crippen molar-refractivity contribution in [2.45, 2.75) is 45.7 Å². The summed E-state index contributed by atoms with van der Waals surface area (Å²) in [5.74, 6) is -0.214. The van der Waals surface area contributed by atoms with Crippen LogP contribution in [0.1, 0.15) is 43.7 Å². The van der Waals surface area contributed by atoms with Gasteiger partial charge in [0.2, 0.25) is 15.9 Å². The zero-order chi connectivity index (χ0) is 19.3. The Morgan fingerprint density at radius 2 is 1.89 bits per heavy atom. The Bertz CT molecular complexity index is 745. The standard InChI is InChI=1S/C20H31N3O3S/c1-2-27(25,26)23-12-6-9-19(16-23)20(24)21-14-17-7-5-8-18(13-17)15-22-10-3-4-11-22/h5,7-8,13,19H,2-4,6,9-12,14-16H2,1H3,(H,21,24)/t19-/m1/s1. The van der Waals surface area contributed by atoms with E-state index in [2.05, 4.69) is 22.3 Å². The van der Waals surface area contributed by atoms with Crippen LogP contribution in [0.15, 0.2) is 24.3 Å². The highest BCUT2D eigenvalue weighted by Gasteiger charge is 2.31. The molecule has 7 heteroatoms. The maximum atomic E-state index is 12.6. The van der Waals surface area contributed by atoms with Crippen LogP contribution in [-0.2, 0) is 27.9 Å². The fourth-order valence-electron chi connectivity index (χ4n) is 3.96. The maximum Gasteiger partial charge on any atom is 0.224 e. The lowest BCUT2D eigenvalue weighted by molar-refractivity contribution is -0.126. The molecule has 0 radical (unpaired) electrons. The number of amides is 1. The molecule has 0 unspecified atom stereocenters. The zero-order valence-corrected chi connectivity index (χ0v) is 17.0. The Labute approximate surface area is 163 Å². The fourth-order valence-corrected chi connectivity index (χ4v) is 5.14. The predicted molar refractivity (Wildman–Crippen MR) is 107 cm³/mol. The first-order chi connectivity index (χ1) is 13.0. The molecule has 1 aromatic rings. The Morgan fingerprint density at radius 1 is 1.15 bits per heavy atom. The summed E-state index contributed by atoms with van der Waals surface area (Å²) in [4.78, 5) is 15.0. The van der Waals surface area contributed by atoms with E-state index < -0.39 is 10.0 Å². The first-order valence-electron chi connectivity index (χ1n) is 10.0. The highest BCUT2D eigenvalue weighted by atomic mass is 32.2. The number of benzene rings is 1. The van der Waals surface area contributed by atoms with Crippen molar-refractivity contribution in [3.8, 4) is 0 Å². The van der Waals surface area contributed by atoms with Crippen LogP contribution >= 0.6 is 0 Å². The highest BCUT2D eigenvalue weighted by molar-refractivity contribution is 7.89. The molecule has 2 aliphatic heterocycles. The van der Waals surface area contributed by atoms with Gasteiger partial charge in [-0.05, 0) is 56.8 Å². The summed E-state index contributed by atoms with van der Waals surface area (Å²) in [6, 6.07) is 8.37. The summed E-state index contributed by atoms with van der Waals surface area (Å²) >= 11 is 0. The average molecular weight is 394 g/mol. The first kappa shape index (κ1) is 20.3. The van der Waals surface area contributed by atoms with E-state index in [9.17, 15) is 13.2 Å². The Balaban J connectivity index is 1.52. The highest BCUT2D eigenvalue weighted by Crippen LogP contribution is 2.20. The molecular formula is C20H31N3O3S. The Hall–Kier alpha value is -1.44. The van der Waals surface area contributed by atoms with E-state index in [1.807, 2.05) is 12.1 Å². The number of piperidine rings is 1. The van der Waals surface area contributed by atoms with Gasteiger partial charge >= 0.3 is 0 Å². The van der Waals surface area contributed by atoms with E-state index in [1.165, 1.54) is 35.8 Å². The second-order valence-corrected chi connectivity index (χ2v) is 9.88. The van der Waals surface area contributed by atoms with Crippen molar-refractivity contribution in [2.75, 3.05) is 31.9 Å². The minimum absolute atomic E-state index is 0.0454. The monoisotopic (exact) mass is 393 g/mol. The minimum Gasteiger partial charge on any atom is -0.352 e. The van der Waals surface area contributed by atoms with Crippen molar-refractivity contribution in [3.05, 3.63) is 35.4 Å². The fraction of sp³-hybridized carbons (Fsp3) is 0.650. The van der Waals surface area contributed by atoms with Crippen LogP contribution in [0, 0.1) is 5.92 Å². The molecule has 0 spiro atoms. The number of carbonyl (C=O) groups is 1. The van der Waals surface area contributed by atoms with Gasteiger partial charge in [-0.15, -0.1) is 0 Å². The third-order valence-electron chi connectivity index (χ3n) is 5.58. The quantitative estimate of drug-likeness (QED) is 0.769. The molecule has 2 aliphatic rings. The van der Waals surface area contributed by atoms with Crippen LogP contribution in [-0.4, -0.2) is 55.5 Å². The van der Waals surface area contributed by atoms with Gasteiger partial charge in [-0.2, -0.15) is 0 Å². The number of rotatable bonds is 7. The lowest BCUT2D eigenvalue weighted by Crippen LogP contribution is -2.45. The largest absolute Gasteiger partial charge is 0.352 e. The average Bonchev–Trinajstić information content (AvgIpc) is 3.19. The van der Waals surface area contributed by atoms with Crippen LogP contribution in [0.25, 0.3) is 0 Å². The molecule has 2 heterocycles. The summed E-state index contributed by atoms with van der Waals surface area (Å²) in [6.07, 6.45) is 4.04. The van der Waals surface area contributed by atoms with Gasteiger partial charge in [0.25, 0.3) is 0 Å². The maximum absolute atomic E-state index is 12.6. The predicted octanol–water partition coefficient (Wildman–Crippen LogP) is 1.96. The second kappa shape index (κ2) is 9.17. The molecule has 150 valence electrons. The SMILES string of the molecule is CCS(=O)(=O)N1CCC[C@@H](C(=O)NCc2cccc(CN3CCCC3)c2)C1. The van der Waals surface area contributed by atoms with Gasteiger partial charge in [-0.1, -0.05) is 24.3 Å². The van der Waals surface area contributed by atoms with E-state index in [0.717, 1.165) is 24.9 Å². The Morgan fingerprint density at radius 3 is 2.63 bits per heavy atom. The molecular weight excluding hydrogens is 362 g/mol. The molecule has 6 nitrogen and oxygen atoms in total. The van der Waals surface area contributed by atoms with Crippen molar-refractivity contribution in [1.82, 2.24) is 14.5 Å². The smallest absolute Gasteiger partial charge is 0.224 e. The zero-order valence-electron chi connectivity index (χ0n) is 16.2. The molecule has 0 aliphatic carbocycles. The van der Waals surface area contributed by atoms with Gasteiger partial charge in [-0.3, -0.25) is 9.69 Å². The van der Waals surface area contributed by atoms with E-state index in [0.29, 0.717) is 19.6 Å². The van der Waals surface area contributed by atoms with Crippen LogP contribution in [0.2, 0.25) is 0 Å². The molecule has 0 bridgehead atoms. The molecule has 3 rings (SSSR count). The van der Waals surface area contributed by atoms with Crippen molar-refractivity contribution >= 4 is 15.9 Å². The van der Waals surface area contributed by atoms with Gasteiger partial charge in [0, 0.05) is 26.2 Å². The van der Waals surface area contributed by atoms with Crippen LogP contribution in [0.5, 0.6) is 0 Å². The Kier molecular flexibility index (Phi) is 6.89. The minimum atomic E-state index is -3.22. The van der Waals surface area contributed by atoms with Crippen molar-refractivity contribution < 1.29 is 13.2 Å². The molecule has 27 heavy (non-hydrogen) atoms. The summed E-state index contributed by atoms with van der Waals surface area (Å²) in [5.41, 5.74) is 2.37. The molecule has 2 fully saturated rings. The van der Waals surface area contributed by atoms with Crippen molar-refractivity contribution in [1.29, 1.82) is 0 Å². The van der Waals surface area contributed by atoms with E-state index in [-0.39, 0.29) is 17.6 Å². The molecule has 0 saturated carbocycles. The summed E-state index contributed by atoms with van der Waals surface area (Å²) < 4.78 is 25.6. The van der Waals surface area contributed by atoms with Crippen LogP contribution < -0.4 is 5.32 Å². The van der Waals surface area contributed by atoms with E-state index in [1.54, 1.807) is 6.92 Å². The van der Waals surface area contributed by atoms with Gasteiger partial charge in [0.05, 0.1) is 11.7 Å².